The Morgan fingerprint density at radius 3 is 2.41 bits per heavy atom. The Bertz CT molecular complexity index is 350. The number of anilines is 1. The molecule has 17 heavy (non-hydrogen) atoms. The first-order valence-corrected chi connectivity index (χ1v) is 5.51. The van der Waals surface area contributed by atoms with Gasteiger partial charge in [0.15, 0.2) is 0 Å². The third kappa shape index (κ3) is 4.65. The van der Waals surface area contributed by atoms with E-state index < -0.39 is 12.7 Å². The maximum absolute atomic E-state index is 12.5. The van der Waals surface area contributed by atoms with E-state index in [4.69, 9.17) is 5.73 Å². The fourth-order valence-corrected chi connectivity index (χ4v) is 1.70. The van der Waals surface area contributed by atoms with Crippen LogP contribution in [-0.4, -0.2) is 25.8 Å². The third-order valence-corrected chi connectivity index (χ3v) is 2.46. The van der Waals surface area contributed by atoms with E-state index in [9.17, 15) is 13.2 Å². The minimum absolute atomic E-state index is 0.320. The van der Waals surface area contributed by atoms with E-state index in [1.807, 2.05) is 6.07 Å². The van der Waals surface area contributed by atoms with Gasteiger partial charge < -0.3 is 10.6 Å². The highest BCUT2D eigenvalue weighted by Gasteiger charge is 2.31. The van der Waals surface area contributed by atoms with Crippen molar-refractivity contribution < 1.29 is 13.2 Å². The molecule has 0 radical (unpaired) electrons. The number of nitrogens with zero attached hydrogens (tertiary/aromatic N) is 1. The summed E-state index contributed by atoms with van der Waals surface area (Å²) >= 11 is 0. The van der Waals surface area contributed by atoms with Gasteiger partial charge in [-0.05, 0) is 31.5 Å². The summed E-state index contributed by atoms with van der Waals surface area (Å²) in [4.78, 5) is 1.34. The average molecular weight is 246 g/mol. The van der Waals surface area contributed by atoms with Gasteiger partial charge in [0, 0.05) is 12.2 Å². The van der Waals surface area contributed by atoms with Crippen LogP contribution in [0.5, 0.6) is 0 Å². The Kier molecular flexibility index (Phi) is 4.81. The highest BCUT2D eigenvalue weighted by Crippen LogP contribution is 2.24. The molecule has 1 aromatic carbocycles. The Morgan fingerprint density at radius 1 is 1.24 bits per heavy atom. The lowest BCUT2D eigenvalue weighted by atomic mass is 10.1. The van der Waals surface area contributed by atoms with Gasteiger partial charge in [0.1, 0.15) is 6.54 Å². The number of alkyl halides is 3. The summed E-state index contributed by atoms with van der Waals surface area (Å²) in [7, 11) is 0. The van der Waals surface area contributed by atoms with Gasteiger partial charge in [-0.25, -0.2) is 0 Å². The zero-order chi connectivity index (χ0) is 12.9. The number of hydrogen-bond donors (Lipinski definition) is 1. The molecule has 0 amide bonds. The molecule has 0 aliphatic heterocycles. The van der Waals surface area contributed by atoms with Crippen molar-refractivity contribution in [2.24, 2.45) is 5.73 Å². The number of hydrogen-bond acceptors (Lipinski definition) is 2. The van der Waals surface area contributed by atoms with Gasteiger partial charge in [-0.2, -0.15) is 13.2 Å². The van der Waals surface area contributed by atoms with E-state index in [1.165, 1.54) is 4.90 Å². The topological polar surface area (TPSA) is 29.3 Å². The van der Waals surface area contributed by atoms with Crippen LogP contribution < -0.4 is 10.6 Å². The molecule has 0 aliphatic rings. The summed E-state index contributed by atoms with van der Waals surface area (Å²) < 4.78 is 37.4. The molecule has 5 heteroatoms. The van der Waals surface area contributed by atoms with Gasteiger partial charge in [0.05, 0.1) is 0 Å². The lowest BCUT2D eigenvalue weighted by molar-refractivity contribution is -0.119. The van der Waals surface area contributed by atoms with Gasteiger partial charge in [-0.1, -0.05) is 18.2 Å². The van der Waals surface area contributed by atoms with Gasteiger partial charge in [0.25, 0.3) is 0 Å². The molecular formula is C12H17F3N2. The molecule has 0 spiro atoms. The molecule has 96 valence electrons. The van der Waals surface area contributed by atoms with Crippen LogP contribution in [0.15, 0.2) is 24.3 Å². The van der Waals surface area contributed by atoms with E-state index in [-0.39, 0.29) is 0 Å². The summed E-state index contributed by atoms with van der Waals surface area (Å²) in [6.07, 6.45) is -3.65. The van der Waals surface area contributed by atoms with Crippen LogP contribution >= 0.6 is 0 Å². The van der Waals surface area contributed by atoms with E-state index in [0.29, 0.717) is 25.2 Å². The molecule has 2 nitrogen and oxygen atoms in total. The predicted octanol–water partition coefficient (Wildman–Crippen LogP) is 2.71. The summed E-state index contributed by atoms with van der Waals surface area (Å²) in [5.74, 6) is 0. The summed E-state index contributed by atoms with van der Waals surface area (Å²) in [6.45, 7) is 1.58. The normalized spacial score (nSPS) is 11.6. The molecule has 0 saturated heterocycles. The molecule has 1 rings (SSSR count). The maximum atomic E-state index is 12.5. The van der Waals surface area contributed by atoms with Gasteiger partial charge in [-0.15, -0.1) is 0 Å². The molecule has 0 aliphatic carbocycles. The maximum Gasteiger partial charge on any atom is 0.405 e. The first-order valence-electron chi connectivity index (χ1n) is 5.51. The van der Waals surface area contributed by atoms with Crippen molar-refractivity contribution in [3.63, 3.8) is 0 Å². The van der Waals surface area contributed by atoms with Crippen LogP contribution in [0.1, 0.15) is 12.0 Å². The number of halogens is 3. The first-order chi connectivity index (χ1) is 7.94. The second-order valence-electron chi connectivity index (χ2n) is 3.97. The van der Waals surface area contributed by atoms with Gasteiger partial charge >= 0.3 is 6.18 Å². The van der Waals surface area contributed by atoms with Crippen LogP contribution in [-0.2, 0) is 0 Å². The van der Waals surface area contributed by atoms with Crippen molar-refractivity contribution in [1.82, 2.24) is 0 Å². The molecule has 0 atom stereocenters. The van der Waals surface area contributed by atoms with Crippen LogP contribution in [0.2, 0.25) is 0 Å². The molecule has 0 unspecified atom stereocenters. The predicted molar refractivity (Wildman–Crippen MR) is 63.1 cm³/mol. The van der Waals surface area contributed by atoms with Crippen molar-refractivity contribution in [3.8, 4) is 0 Å². The zero-order valence-electron chi connectivity index (χ0n) is 9.80. The average Bonchev–Trinajstić information content (AvgIpc) is 2.23. The Hall–Kier alpha value is -1.23. The summed E-state index contributed by atoms with van der Waals surface area (Å²) in [6, 6.07) is 7.07. The van der Waals surface area contributed by atoms with Crippen molar-refractivity contribution in [1.29, 1.82) is 0 Å². The molecule has 2 N–H and O–H groups in total. The lowest BCUT2D eigenvalue weighted by Gasteiger charge is -2.27. The minimum atomic E-state index is -4.20. The third-order valence-electron chi connectivity index (χ3n) is 2.46. The number of para-hydroxylation sites is 1. The second kappa shape index (κ2) is 5.91. The minimum Gasteiger partial charge on any atom is -0.362 e. The number of benzene rings is 1. The van der Waals surface area contributed by atoms with Crippen LogP contribution in [0.3, 0.4) is 0 Å². The van der Waals surface area contributed by atoms with Crippen molar-refractivity contribution >= 4 is 5.69 Å². The first kappa shape index (κ1) is 13.8. The van der Waals surface area contributed by atoms with Crippen LogP contribution in [0.4, 0.5) is 18.9 Å². The quantitative estimate of drug-likeness (QED) is 0.865. The molecule has 0 saturated carbocycles. The smallest absolute Gasteiger partial charge is 0.362 e. The SMILES string of the molecule is Cc1ccccc1N(CCCN)CC(F)(F)F. The lowest BCUT2D eigenvalue weighted by Crippen LogP contribution is -2.36. The van der Waals surface area contributed by atoms with E-state index in [0.717, 1.165) is 5.56 Å². The number of aryl methyl sites for hydroxylation is 1. The molecule has 0 fully saturated rings. The van der Waals surface area contributed by atoms with Crippen LogP contribution in [0.25, 0.3) is 0 Å². The molecule has 0 bridgehead atoms. The summed E-state index contributed by atoms with van der Waals surface area (Å²) in [5, 5.41) is 0. The zero-order valence-corrected chi connectivity index (χ0v) is 9.80. The number of nitrogens with two attached hydrogens (primary N) is 1. The molecule has 1 aromatic rings. The van der Waals surface area contributed by atoms with Gasteiger partial charge in [0.2, 0.25) is 0 Å². The standard InChI is InChI=1S/C12H17F3N2/c1-10-5-2-3-6-11(10)17(8-4-7-16)9-12(13,14)15/h2-3,5-6H,4,7-9,16H2,1H3. The van der Waals surface area contributed by atoms with E-state index in [2.05, 4.69) is 0 Å². The van der Waals surface area contributed by atoms with E-state index in [1.54, 1.807) is 25.1 Å². The monoisotopic (exact) mass is 246 g/mol. The largest absolute Gasteiger partial charge is 0.405 e. The molecular weight excluding hydrogens is 229 g/mol. The second-order valence-corrected chi connectivity index (χ2v) is 3.97. The van der Waals surface area contributed by atoms with Crippen molar-refractivity contribution in [2.75, 3.05) is 24.5 Å². The van der Waals surface area contributed by atoms with Crippen molar-refractivity contribution in [3.05, 3.63) is 29.8 Å². The highest BCUT2D eigenvalue weighted by atomic mass is 19.4. The number of rotatable bonds is 5. The van der Waals surface area contributed by atoms with Gasteiger partial charge in [-0.3, -0.25) is 0 Å². The Labute approximate surface area is 99.2 Å². The Morgan fingerprint density at radius 2 is 1.88 bits per heavy atom. The fraction of sp³-hybridized carbons (Fsp3) is 0.500. The summed E-state index contributed by atoms with van der Waals surface area (Å²) in [5.41, 5.74) is 6.81. The molecule has 0 heterocycles. The van der Waals surface area contributed by atoms with E-state index >= 15 is 0 Å². The highest BCUT2D eigenvalue weighted by molar-refractivity contribution is 5.53. The Balaban J connectivity index is 2.86. The van der Waals surface area contributed by atoms with Crippen molar-refractivity contribution in [2.45, 2.75) is 19.5 Å². The molecule has 0 aromatic heterocycles. The fourth-order valence-electron chi connectivity index (χ4n) is 1.70. The van der Waals surface area contributed by atoms with Crippen LogP contribution in [0, 0.1) is 6.92 Å².